The molecule has 0 aliphatic carbocycles. The van der Waals surface area contributed by atoms with Crippen LogP contribution in [0.3, 0.4) is 0 Å². The molecule has 5 heteroatoms. The summed E-state index contributed by atoms with van der Waals surface area (Å²) >= 11 is 0. The van der Waals surface area contributed by atoms with Crippen molar-refractivity contribution >= 4 is 17.0 Å². The first-order valence-electron chi connectivity index (χ1n) is 5.51. The van der Waals surface area contributed by atoms with Crippen molar-refractivity contribution < 1.29 is 15.0 Å². The van der Waals surface area contributed by atoms with Gasteiger partial charge in [0.15, 0.2) is 0 Å². The van der Waals surface area contributed by atoms with Crippen molar-refractivity contribution in [3.8, 4) is 0 Å². The molecule has 0 radical (unpaired) electrons. The molecule has 17 heavy (non-hydrogen) atoms. The van der Waals surface area contributed by atoms with Gasteiger partial charge in [0.1, 0.15) is 11.3 Å². The van der Waals surface area contributed by atoms with E-state index in [9.17, 15) is 4.79 Å². The maximum absolute atomic E-state index is 11.1. The summed E-state index contributed by atoms with van der Waals surface area (Å²) in [4.78, 5) is 15.4. The number of carboxylic acid groups (broad SMARTS) is 1. The number of aliphatic hydroxyl groups excluding tert-OH is 1. The second-order valence-corrected chi connectivity index (χ2v) is 3.74. The normalized spacial score (nSPS) is 10.9. The molecule has 2 rings (SSSR count). The molecule has 0 amide bonds. The van der Waals surface area contributed by atoms with Crippen molar-refractivity contribution in [2.24, 2.45) is 0 Å². The fraction of sp³-hybridized carbons (Fsp3) is 0.333. The number of hydrogen-bond donors (Lipinski definition) is 2. The van der Waals surface area contributed by atoms with Crippen LogP contribution in [0.25, 0.3) is 11.0 Å². The molecule has 0 aliphatic heterocycles. The highest BCUT2D eigenvalue weighted by Gasteiger charge is 2.15. The molecule has 0 spiro atoms. The standard InChI is InChI=1S/C12H14N2O3/c1-2-10-13-11-8(12(16)17)4-3-5-9(11)14(10)6-7-15/h3-5,15H,2,6-7H2,1H3,(H,16,17). The van der Waals surface area contributed by atoms with Crippen molar-refractivity contribution in [3.05, 3.63) is 29.6 Å². The lowest BCUT2D eigenvalue weighted by Gasteiger charge is -2.05. The number of aromatic nitrogens is 2. The van der Waals surface area contributed by atoms with Gasteiger partial charge in [-0.1, -0.05) is 13.0 Å². The van der Waals surface area contributed by atoms with Crippen LogP contribution in [-0.2, 0) is 13.0 Å². The summed E-state index contributed by atoms with van der Waals surface area (Å²) in [5, 5.41) is 18.1. The molecule has 0 saturated carbocycles. The van der Waals surface area contributed by atoms with E-state index in [1.54, 1.807) is 12.1 Å². The molecule has 0 aliphatic rings. The summed E-state index contributed by atoms with van der Waals surface area (Å²) in [5.41, 5.74) is 1.45. The molecule has 5 nitrogen and oxygen atoms in total. The summed E-state index contributed by atoms with van der Waals surface area (Å²) in [7, 11) is 0. The number of imidazole rings is 1. The van der Waals surface area contributed by atoms with Crippen LogP contribution in [0.1, 0.15) is 23.1 Å². The van der Waals surface area contributed by atoms with Gasteiger partial charge in [0.05, 0.1) is 17.7 Å². The zero-order chi connectivity index (χ0) is 12.4. The van der Waals surface area contributed by atoms with Crippen LogP contribution in [0.5, 0.6) is 0 Å². The number of carboxylic acids is 1. The highest BCUT2D eigenvalue weighted by atomic mass is 16.4. The zero-order valence-electron chi connectivity index (χ0n) is 9.55. The molecule has 2 N–H and O–H groups in total. The number of aryl methyl sites for hydroxylation is 1. The van der Waals surface area contributed by atoms with E-state index in [1.807, 2.05) is 17.6 Å². The van der Waals surface area contributed by atoms with Crippen molar-refractivity contribution in [1.29, 1.82) is 0 Å². The van der Waals surface area contributed by atoms with E-state index in [4.69, 9.17) is 10.2 Å². The number of aromatic carboxylic acids is 1. The molecule has 90 valence electrons. The third kappa shape index (κ3) is 1.89. The van der Waals surface area contributed by atoms with Crippen LogP contribution in [0.2, 0.25) is 0 Å². The smallest absolute Gasteiger partial charge is 0.337 e. The predicted molar refractivity (Wildman–Crippen MR) is 63.2 cm³/mol. The van der Waals surface area contributed by atoms with E-state index in [0.29, 0.717) is 18.5 Å². The van der Waals surface area contributed by atoms with Gasteiger partial charge >= 0.3 is 5.97 Å². The largest absolute Gasteiger partial charge is 0.478 e. The van der Waals surface area contributed by atoms with Crippen molar-refractivity contribution in [3.63, 3.8) is 0 Å². The zero-order valence-corrected chi connectivity index (χ0v) is 9.55. The number of fused-ring (bicyclic) bond motifs is 1. The van der Waals surface area contributed by atoms with Gasteiger partial charge in [0, 0.05) is 13.0 Å². The lowest BCUT2D eigenvalue weighted by atomic mass is 10.2. The van der Waals surface area contributed by atoms with Gasteiger partial charge in [-0.2, -0.15) is 0 Å². The molecule has 1 aromatic heterocycles. The Balaban J connectivity index is 2.72. The van der Waals surface area contributed by atoms with Crippen LogP contribution < -0.4 is 0 Å². The van der Waals surface area contributed by atoms with Gasteiger partial charge in [-0.15, -0.1) is 0 Å². The summed E-state index contributed by atoms with van der Waals surface area (Å²) in [6, 6.07) is 5.06. The van der Waals surface area contributed by atoms with Gasteiger partial charge in [-0.25, -0.2) is 9.78 Å². The van der Waals surface area contributed by atoms with Gasteiger partial charge in [0.2, 0.25) is 0 Å². The van der Waals surface area contributed by atoms with Crippen LogP contribution in [0, 0.1) is 0 Å². The van der Waals surface area contributed by atoms with Gasteiger partial charge < -0.3 is 14.8 Å². The molecular weight excluding hydrogens is 220 g/mol. The number of aliphatic hydroxyl groups is 1. The Bertz CT molecular complexity index is 560. The number of benzene rings is 1. The first kappa shape index (κ1) is 11.6. The molecule has 0 atom stereocenters. The van der Waals surface area contributed by atoms with E-state index in [-0.39, 0.29) is 12.2 Å². The van der Waals surface area contributed by atoms with Crippen LogP contribution >= 0.6 is 0 Å². The molecule has 2 aromatic rings. The van der Waals surface area contributed by atoms with Crippen molar-refractivity contribution in [1.82, 2.24) is 9.55 Å². The quantitative estimate of drug-likeness (QED) is 0.835. The number of carbonyl (C=O) groups is 1. The highest BCUT2D eigenvalue weighted by molar-refractivity contribution is 6.01. The second kappa shape index (κ2) is 4.55. The first-order valence-corrected chi connectivity index (χ1v) is 5.51. The van der Waals surface area contributed by atoms with Gasteiger partial charge in [0.25, 0.3) is 0 Å². The van der Waals surface area contributed by atoms with Gasteiger partial charge in [-0.05, 0) is 12.1 Å². The number of hydrogen-bond acceptors (Lipinski definition) is 3. The third-order valence-electron chi connectivity index (χ3n) is 2.73. The molecule has 0 fully saturated rings. The van der Waals surface area contributed by atoms with Crippen molar-refractivity contribution in [2.75, 3.05) is 6.61 Å². The molecule has 0 unspecified atom stereocenters. The molecule has 0 saturated heterocycles. The highest BCUT2D eigenvalue weighted by Crippen LogP contribution is 2.20. The number of para-hydroxylation sites is 1. The third-order valence-corrected chi connectivity index (χ3v) is 2.73. The fourth-order valence-electron chi connectivity index (χ4n) is 1.99. The van der Waals surface area contributed by atoms with Crippen molar-refractivity contribution in [2.45, 2.75) is 19.9 Å². The monoisotopic (exact) mass is 234 g/mol. The maximum atomic E-state index is 11.1. The summed E-state index contributed by atoms with van der Waals surface area (Å²) in [5.74, 6) is -0.186. The Morgan fingerprint density at radius 2 is 2.24 bits per heavy atom. The molecule has 0 bridgehead atoms. The lowest BCUT2D eigenvalue weighted by Crippen LogP contribution is -2.06. The maximum Gasteiger partial charge on any atom is 0.337 e. The van der Waals surface area contributed by atoms with E-state index < -0.39 is 5.97 Å². The first-order chi connectivity index (χ1) is 8.19. The Morgan fingerprint density at radius 1 is 1.47 bits per heavy atom. The Kier molecular flexibility index (Phi) is 3.10. The topological polar surface area (TPSA) is 75.3 Å². The van der Waals surface area contributed by atoms with Crippen LogP contribution in [0.15, 0.2) is 18.2 Å². The Morgan fingerprint density at radius 3 is 2.82 bits per heavy atom. The van der Waals surface area contributed by atoms with E-state index >= 15 is 0 Å². The summed E-state index contributed by atoms with van der Waals surface area (Å²) in [6.07, 6.45) is 0.702. The van der Waals surface area contributed by atoms with E-state index in [0.717, 1.165) is 11.3 Å². The Labute approximate surface area is 98.3 Å². The Hall–Kier alpha value is -1.88. The minimum atomic E-state index is -0.980. The average Bonchev–Trinajstić information content (AvgIpc) is 2.67. The van der Waals surface area contributed by atoms with Crippen LogP contribution in [0.4, 0.5) is 0 Å². The minimum Gasteiger partial charge on any atom is -0.478 e. The van der Waals surface area contributed by atoms with E-state index in [1.165, 1.54) is 0 Å². The minimum absolute atomic E-state index is 0.00968. The molecule has 1 aromatic carbocycles. The van der Waals surface area contributed by atoms with Gasteiger partial charge in [-0.3, -0.25) is 0 Å². The molecule has 1 heterocycles. The fourth-order valence-corrected chi connectivity index (χ4v) is 1.99. The number of nitrogens with zero attached hydrogens (tertiary/aromatic N) is 2. The average molecular weight is 234 g/mol. The number of rotatable bonds is 4. The second-order valence-electron chi connectivity index (χ2n) is 3.74. The van der Waals surface area contributed by atoms with Crippen LogP contribution in [-0.4, -0.2) is 32.3 Å². The SMILES string of the molecule is CCc1nc2c(C(=O)O)cccc2n1CCO. The summed E-state index contributed by atoms with van der Waals surface area (Å²) in [6.45, 7) is 2.40. The predicted octanol–water partition coefficient (Wildman–Crippen LogP) is 1.29. The lowest BCUT2D eigenvalue weighted by molar-refractivity contribution is 0.0699. The van der Waals surface area contributed by atoms with E-state index in [2.05, 4.69) is 4.98 Å². The summed E-state index contributed by atoms with van der Waals surface area (Å²) < 4.78 is 1.86. The molecular formula is C12H14N2O3.